The highest BCUT2D eigenvalue weighted by Crippen LogP contribution is 2.30. The number of hydrogen-bond donors (Lipinski definition) is 2. The molecule has 2 N–H and O–H groups in total. The molecule has 1 aliphatic rings. The molecule has 4 nitrogen and oxygen atoms in total. The van der Waals surface area contributed by atoms with Crippen LogP contribution in [0.4, 0.5) is 8.78 Å². The molecular weight excluding hydrogens is 302 g/mol. The topological polar surface area (TPSA) is 54.1 Å². The Morgan fingerprint density at radius 3 is 2.04 bits per heavy atom. The molecule has 1 atom stereocenters. The fraction of sp³-hybridized carbons (Fsp3) is 0.353. The van der Waals surface area contributed by atoms with Gasteiger partial charge in [-0.05, 0) is 26.0 Å². The normalized spacial score (nSPS) is 16.6. The lowest BCUT2D eigenvalue weighted by molar-refractivity contribution is -0.119. The monoisotopic (exact) mass is 322 g/mol. The second-order valence-electron chi connectivity index (χ2n) is 5.53. The van der Waals surface area contributed by atoms with Crippen LogP contribution in [0.3, 0.4) is 0 Å². The summed E-state index contributed by atoms with van der Waals surface area (Å²) in [6, 6.07) is 6.38. The van der Waals surface area contributed by atoms with Gasteiger partial charge in [-0.25, -0.2) is 8.78 Å². The van der Waals surface area contributed by atoms with Gasteiger partial charge in [0, 0.05) is 48.0 Å². The minimum absolute atomic E-state index is 0.0425. The third-order valence-corrected chi connectivity index (χ3v) is 3.65. The van der Waals surface area contributed by atoms with Crippen molar-refractivity contribution in [2.45, 2.75) is 26.2 Å². The van der Waals surface area contributed by atoms with E-state index in [4.69, 9.17) is 4.74 Å². The smallest absolute Gasteiger partial charge is 0.220 e. The molecule has 124 valence electrons. The summed E-state index contributed by atoms with van der Waals surface area (Å²) >= 11 is 0. The summed E-state index contributed by atoms with van der Waals surface area (Å²) < 4.78 is 32.0. The third kappa shape index (κ3) is 4.31. The van der Waals surface area contributed by atoms with Gasteiger partial charge in [0.05, 0.1) is 7.11 Å². The number of carbonyl (C=O) groups excluding carboxylic acids is 1. The fourth-order valence-corrected chi connectivity index (χ4v) is 2.52. The average Bonchev–Trinajstić information content (AvgIpc) is 3.07. The van der Waals surface area contributed by atoms with Crippen LogP contribution in [0.25, 0.3) is 0 Å². The molecule has 0 bridgehead atoms. The van der Waals surface area contributed by atoms with Crippen LogP contribution in [0.2, 0.25) is 0 Å². The van der Waals surface area contributed by atoms with Crippen LogP contribution < -0.4 is 10.1 Å². The number of methoxy groups -OCH3 is 1. The van der Waals surface area contributed by atoms with Gasteiger partial charge < -0.3 is 15.0 Å². The molecule has 1 aromatic heterocycles. The summed E-state index contributed by atoms with van der Waals surface area (Å²) in [5.41, 5.74) is 2.43. The van der Waals surface area contributed by atoms with Crippen molar-refractivity contribution >= 4 is 5.91 Å². The van der Waals surface area contributed by atoms with Crippen molar-refractivity contribution in [3.05, 3.63) is 52.9 Å². The Labute approximate surface area is 133 Å². The Balaban J connectivity index is 0.000000229. The molecule has 0 radical (unpaired) electrons. The number of hydrogen-bond acceptors (Lipinski definition) is 2. The molecule has 6 heteroatoms. The minimum atomic E-state index is -0.668. The first-order chi connectivity index (χ1) is 10.9. The van der Waals surface area contributed by atoms with Crippen molar-refractivity contribution in [1.29, 1.82) is 0 Å². The minimum Gasteiger partial charge on any atom is -0.497 e. The van der Waals surface area contributed by atoms with Gasteiger partial charge in [0.15, 0.2) is 0 Å². The van der Waals surface area contributed by atoms with Crippen LogP contribution in [0.5, 0.6) is 5.75 Å². The Morgan fingerprint density at radius 1 is 1.13 bits per heavy atom. The number of carbonyl (C=O) groups is 1. The van der Waals surface area contributed by atoms with E-state index in [1.54, 1.807) is 0 Å². The number of nitrogens with one attached hydrogen (secondary N) is 2. The molecule has 0 saturated carbocycles. The number of aryl methyl sites for hydroxylation is 2. The van der Waals surface area contributed by atoms with E-state index >= 15 is 0 Å². The zero-order valence-electron chi connectivity index (χ0n) is 13.4. The fourth-order valence-electron chi connectivity index (χ4n) is 2.52. The maximum Gasteiger partial charge on any atom is 0.220 e. The van der Waals surface area contributed by atoms with Gasteiger partial charge in [-0.3, -0.25) is 4.79 Å². The van der Waals surface area contributed by atoms with E-state index in [2.05, 4.69) is 22.4 Å². The zero-order valence-corrected chi connectivity index (χ0v) is 13.4. The predicted molar refractivity (Wildman–Crippen MR) is 83.5 cm³/mol. The Morgan fingerprint density at radius 2 is 1.70 bits per heavy atom. The van der Waals surface area contributed by atoms with Crippen molar-refractivity contribution in [2.24, 2.45) is 0 Å². The van der Waals surface area contributed by atoms with Crippen LogP contribution in [-0.4, -0.2) is 24.5 Å². The molecule has 1 aliphatic heterocycles. The van der Waals surface area contributed by atoms with Crippen LogP contribution in [0, 0.1) is 25.5 Å². The maximum atomic E-state index is 13.6. The second-order valence-corrected chi connectivity index (χ2v) is 5.53. The molecule has 1 fully saturated rings. The lowest BCUT2D eigenvalue weighted by Crippen LogP contribution is -2.14. The summed E-state index contributed by atoms with van der Waals surface area (Å²) in [4.78, 5) is 14.1. The summed E-state index contributed by atoms with van der Waals surface area (Å²) in [6.45, 7) is 4.37. The Kier molecular flexibility index (Phi) is 5.36. The summed E-state index contributed by atoms with van der Waals surface area (Å²) in [6.07, 6.45) is 0.125. The summed E-state index contributed by atoms with van der Waals surface area (Å²) in [5, 5.41) is 2.55. The van der Waals surface area contributed by atoms with E-state index in [1.807, 2.05) is 13.8 Å². The van der Waals surface area contributed by atoms with Gasteiger partial charge >= 0.3 is 0 Å². The molecule has 1 aromatic carbocycles. The highest BCUT2D eigenvalue weighted by atomic mass is 19.1. The van der Waals surface area contributed by atoms with Crippen LogP contribution >= 0.6 is 0 Å². The highest BCUT2D eigenvalue weighted by molar-refractivity contribution is 5.79. The molecule has 3 rings (SSSR count). The second kappa shape index (κ2) is 7.26. The van der Waals surface area contributed by atoms with Crippen molar-refractivity contribution in [3.8, 4) is 5.75 Å². The number of H-pyrrole nitrogens is 1. The van der Waals surface area contributed by atoms with Crippen molar-refractivity contribution in [2.75, 3.05) is 13.7 Å². The lowest BCUT2D eigenvalue weighted by atomic mass is 9.97. The van der Waals surface area contributed by atoms with E-state index in [-0.39, 0.29) is 30.2 Å². The molecule has 2 aromatic rings. The van der Waals surface area contributed by atoms with Crippen LogP contribution in [0.1, 0.15) is 29.3 Å². The van der Waals surface area contributed by atoms with E-state index in [1.165, 1.54) is 18.5 Å². The van der Waals surface area contributed by atoms with Crippen molar-refractivity contribution in [1.82, 2.24) is 10.3 Å². The van der Waals surface area contributed by atoms with Gasteiger partial charge in [0.1, 0.15) is 17.4 Å². The number of halogens is 2. The van der Waals surface area contributed by atoms with Crippen LogP contribution in [-0.2, 0) is 4.79 Å². The SMILES string of the molecule is COc1cc(F)c(C2CNC(=O)C2)c(F)c1.Cc1ccc(C)[nH]1. The quantitative estimate of drug-likeness (QED) is 0.892. The highest BCUT2D eigenvalue weighted by Gasteiger charge is 2.28. The first-order valence-electron chi connectivity index (χ1n) is 7.32. The molecule has 2 heterocycles. The molecule has 0 aliphatic carbocycles. The number of aromatic amines is 1. The molecule has 23 heavy (non-hydrogen) atoms. The third-order valence-electron chi connectivity index (χ3n) is 3.65. The molecule has 1 saturated heterocycles. The predicted octanol–water partition coefficient (Wildman–Crippen LogP) is 3.21. The van der Waals surface area contributed by atoms with Crippen LogP contribution in [0.15, 0.2) is 24.3 Å². The van der Waals surface area contributed by atoms with Crippen molar-refractivity contribution in [3.63, 3.8) is 0 Å². The zero-order chi connectivity index (χ0) is 17.0. The number of amides is 1. The standard InChI is InChI=1S/C11H11F2NO2.C6H9N/c1-16-7-3-8(12)11(9(13)4-7)6-2-10(15)14-5-6;1-5-3-4-6(2)7-5/h3-4,6H,2,5H2,1H3,(H,14,15);3-4,7H,1-2H3. The Bertz CT molecular complexity index is 658. The van der Waals surface area contributed by atoms with E-state index in [9.17, 15) is 13.6 Å². The number of ether oxygens (including phenoxy) is 1. The lowest BCUT2D eigenvalue weighted by Gasteiger charge is -2.11. The van der Waals surface area contributed by atoms with Gasteiger partial charge in [0.25, 0.3) is 0 Å². The van der Waals surface area contributed by atoms with E-state index in [0.717, 1.165) is 12.1 Å². The van der Waals surface area contributed by atoms with Gasteiger partial charge in [-0.15, -0.1) is 0 Å². The summed E-state index contributed by atoms with van der Waals surface area (Å²) in [5.74, 6) is -1.81. The molecule has 1 amide bonds. The molecular formula is C17H20F2N2O2. The first kappa shape index (κ1) is 17.0. The first-order valence-corrected chi connectivity index (χ1v) is 7.32. The number of aromatic nitrogens is 1. The average molecular weight is 322 g/mol. The van der Waals surface area contributed by atoms with Gasteiger partial charge in [-0.2, -0.15) is 0 Å². The maximum absolute atomic E-state index is 13.6. The molecule has 0 spiro atoms. The van der Waals surface area contributed by atoms with E-state index in [0.29, 0.717) is 0 Å². The summed E-state index contributed by atoms with van der Waals surface area (Å²) in [7, 11) is 1.34. The largest absolute Gasteiger partial charge is 0.497 e. The molecule has 1 unspecified atom stereocenters. The number of benzene rings is 1. The Hall–Kier alpha value is -2.37. The number of rotatable bonds is 2. The van der Waals surface area contributed by atoms with E-state index < -0.39 is 17.6 Å². The van der Waals surface area contributed by atoms with Gasteiger partial charge in [0.2, 0.25) is 5.91 Å². The van der Waals surface area contributed by atoms with Gasteiger partial charge in [-0.1, -0.05) is 0 Å². The van der Waals surface area contributed by atoms with Crippen molar-refractivity contribution < 1.29 is 18.3 Å².